The summed E-state index contributed by atoms with van der Waals surface area (Å²) in [5.74, 6) is 0.732. The van der Waals surface area contributed by atoms with Crippen molar-refractivity contribution in [3.8, 4) is 0 Å². The lowest BCUT2D eigenvalue weighted by Crippen LogP contribution is -2.13. The van der Waals surface area contributed by atoms with E-state index in [1.807, 2.05) is 0 Å². The second kappa shape index (κ2) is 2.86. The van der Waals surface area contributed by atoms with Crippen LogP contribution in [-0.4, -0.2) is 9.97 Å². The molecule has 1 fully saturated rings. The third-order valence-electron chi connectivity index (χ3n) is 2.10. The van der Waals surface area contributed by atoms with Gasteiger partial charge in [-0.3, -0.25) is 9.78 Å². The van der Waals surface area contributed by atoms with Gasteiger partial charge in [0.2, 0.25) is 0 Å². The summed E-state index contributed by atoms with van der Waals surface area (Å²) in [4.78, 5) is 16.7. The third-order valence-corrected chi connectivity index (χ3v) is 2.32. The van der Waals surface area contributed by atoms with Gasteiger partial charge in [-0.25, -0.2) is 0 Å². The Morgan fingerprint density at radius 1 is 1.58 bits per heavy atom. The summed E-state index contributed by atoms with van der Waals surface area (Å²) in [5.41, 5.74) is 0.789. The van der Waals surface area contributed by atoms with Crippen molar-refractivity contribution in [3.05, 3.63) is 26.9 Å². The highest BCUT2D eigenvalue weighted by Crippen LogP contribution is 2.31. The van der Waals surface area contributed by atoms with Gasteiger partial charge in [0, 0.05) is 11.8 Å². The average Bonchev–Trinajstić information content (AvgIpc) is 2.79. The van der Waals surface area contributed by atoms with Gasteiger partial charge < -0.3 is 4.98 Å². The van der Waals surface area contributed by atoms with Gasteiger partial charge in [-0.2, -0.15) is 0 Å². The topological polar surface area (TPSA) is 48.6 Å². The first-order valence-electron chi connectivity index (χ1n) is 4.06. The maximum Gasteiger partial charge on any atom is 0.254 e. The molecule has 1 saturated carbocycles. The molecule has 0 aromatic carbocycles. The Bertz CT molecular complexity index is 389. The lowest BCUT2D eigenvalue weighted by molar-refractivity contribution is 0.807. The van der Waals surface area contributed by atoms with Crippen molar-refractivity contribution in [2.75, 3.05) is 0 Å². The quantitative estimate of drug-likeness (QED) is 0.679. The summed E-state index contributed by atoms with van der Waals surface area (Å²) in [5, 5.41) is 0. The lowest BCUT2D eigenvalue weighted by atomic mass is 10.2. The smallest absolute Gasteiger partial charge is 0.254 e. The van der Waals surface area contributed by atoms with E-state index in [4.69, 9.17) is 12.2 Å². The molecule has 3 nitrogen and oxygen atoms in total. The van der Waals surface area contributed by atoms with Gasteiger partial charge >= 0.3 is 0 Å². The molecule has 1 aliphatic carbocycles. The first-order chi connectivity index (χ1) is 5.75. The molecule has 0 bridgehead atoms. The molecule has 4 heteroatoms. The number of H-pyrrole nitrogens is 2. The van der Waals surface area contributed by atoms with Crippen molar-refractivity contribution < 1.29 is 0 Å². The number of aromatic nitrogens is 2. The van der Waals surface area contributed by atoms with Crippen LogP contribution in [0.2, 0.25) is 0 Å². The van der Waals surface area contributed by atoms with Crippen LogP contribution in [0.1, 0.15) is 18.4 Å². The summed E-state index contributed by atoms with van der Waals surface area (Å²) in [6.45, 7) is 0. The van der Waals surface area contributed by atoms with E-state index in [2.05, 4.69) is 9.97 Å². The Labute approximate surface area is 74.8 Å². The first-order valence-corrected chi connectivity index (χ1v) is 4.47. The Hall–Kier alpha value is -0.900. The minimum atomic E-state index is -0.0364. The highest BCUT2D eigenvalue weighted by molar-refractivity contribution is 7.71. The monoisotopic (exact) mass is 182 g/mol. The molecule has 0 unspecified atom stereocenters. The fourth-order valence-electron chi connectivity index (χ4n) is 1.22. The predicted molar refractivity (Wildman–Crippen MR) is 48.7 cm³/mol. The Morgan fingerprint density at radius 2 is 2.33 bits per heavy atom. The zero-order chi connectivity index (χ0) is 8.55. The number of hydrogen-bond donors (Lipinski definition) is 2. The van der Waals surface area contributed by atoms with Gasteiger partial charge in [0.25, 0.3) is 5.56 Å². The van der Waals surface area contributed by atoms with Crippen LogP contribution in [0.25, 0.3) is 0 Å². The zero-order valence-electron chi connectivity index (χ0n) is 6.59. The maximum absolute atomic E-state index is 11.3. The molecule has 0 amide bonds. The number of nitrogens with one attached hydrogen (secondary N) is 2. The molecule has 0 radical (unpaired) electrons. The van der Waals surface area contributed by atoms with Crippen molar-refractivity contribution >= 4 is 12.2 Å². The molecule has 64 valence electrons. The molecular formula is C8H10N2OS. The Kier molecular flexibility index (Phi) is 1.84. The standard InChI is InChI=1S/C8H10N2OS/c11-7-6(3-5-1-2-5)4-9-8(12)10-7/h4-5H,1-3H2,(H2,9,10,11,12). The summed E-state index contributed by atoms with van der Waals surface area (Å²) in [6, 6.07) is 0. The van der Waals surface area contributed by atoms with Crippen LogP contribution in [-0.2, 0) is 6.42 Å². The molecular weight excluding hydrogens is 172 g/mol. The minimum Gasteiger partial charge on any atom is -0.338 e. The van der Waals surface area contributed by atoms with Gasteiger partial charge in [0.15, 0.2) is 4.77 Å². The lowest BCUT2D eigenvalue weighted by Gasteiger charge is -1.95. The molecule has 1 aromatic heterocycles. The van der Waals surface area contributed by atoms with E-state index in [1.165, 1.54) is 12.8 Å². The van der Waals surface area contributed by atoms with Crippen molar-refractivity contribution in [3.63, 3.8) is 0 Å². The molecule has 0 aliphatic heterocycles. The summed E-state index contributed by atoms with van der Waals surface area (Å²) >= 11 is 4.78. The fourth-order valence-corrected chi connectivity index (χ4v) is 1.37. The van der Waals surface area contributed by atoms with Crippen LogP contribution in [0.3, 0.4) is 0 Å². The minimum absolute atomic E-state index is 0.0364. The number of rotatable bonds is 2. The van der Waals surface area contributed by atoms with Crippen molar-refractivity contribution in [2.24, 2.45) is 5.92 Å². The SMILES string of the molecule is O=c1[nH]c(=S)[nH]cc1CC1CC1. The van der Waals surface area contributed by atoms with E-state index in [1.54, 1.807) is 6.20 Å². The van der Waals surface area contributed by atoms with Crippen LogP contribution >= 0.6 is 12.2 Å². The van der Waals surface area contributed by atoms with Crippen LogP contribution in [0.15, 0.2) is 11.0 Å². The second-order valence-electron chi connectivity index (χ2n) is 3.24. The van der Waals surface area contributed by atoms with Crippen LogP contribution in [0.4, 0.5) is 0 Å². The summed E-state index contributed by atoms with van der Waals surface area (Å²) in [7, 11) is 0. The number of aromatic amines is 2. The summed E-state index contributed by atoms with van der Waals surface area (Å²) in [6.07, 6.45) is 5.13. The van der Waals surface area contributed by atoms with Crippen molar-refractivity contribution in [1.82, 2.24) is 9.97 Å². The average molecular weight is 182 g/mol. The molecule has 0 atom stereocenters. The highest BCUT2D eigenvalue weighted by Gasteiger charge is 2.22. The molecule has 1 aliphatic rings. The van der Waals surface area contributed by atoms with Gasteiger partial charge in [-0.1, -0.05) is 0 Å². The van der Waals surface area contributed by atoms with Gasteiger partial charge in [0.05, 0.1) is 0 Å². The van der Waals surface area contributed by atoms with Gasteiger partial charge in [-0.05, 0) is 37.4 Å². The van der Waals surface area contributed by atoms with E-state index in [9.17, 15) is 4.79 Å². The molecule has 2 N–H and O–H groups in total. The molecule has 2 rings (SSSR count). The van der Waals surface area contributed by atoms with Crippen molar-refractivity contribution in [2.45, 2.75) is 19.3 Å². The van der Waals surface area contributed by atoms with E-state index in [0.717, 1.165) is 17.9 Å². The van der Waals surface area contributed by atoms with E-state index < -0.39 is 0 Å². The van der Waals surface area contributed by atoms with E-state index in [0.29, 0.717) is 4.77 Å². The Balaban J connectivity index is 2.30. The first kappa shape index (κ1) is 7.73. The molecule has 1 aromatic rings. The van der Waals surface area contributed by atoms with Gasteiger partial charge in [0.1, 0.15) is 0 Å². The second-order valence-corrected chi connectivity index (χ2v) is 3.65. The third kappa shape index (κ3) is 1.64. The highest BCUT2D eigenvalue weighted by atomic mass is 32.1. The zero-order valence-corrected chi connectivity index (χ0v) is 7.41. The Morgan fingerprint density at radius 3 is 2.92 bits per heavy atom. The fraction of sp³-hybridized carbons (Fsp3) is 0.500. The van der Waals surface area contributed by atoms with E-state index in [-0.39, 0.29) is 5.56 Å². The maximum atomic E-state index is 11.3. The van der Waals surface area contributed by atoms with Gasteiger partial charge in [-0.15, -0.1) is 0 Å². The molecule has 0 spiro atoms. The van der Waals surface area contributed by atoms with E-state index >= 15 is 0 Å². The normalized spacial score (nSPS) is 16.3. The number of hydrogen-bond acceptors (Lipinski definition) is 2. The molecule has 0 saturated heterocycles. The van der Waals surface area contributed by atoms with Crippen LogP contribution in [0, 0.1) is 10.7 Å². The predicted octanol–water partition coefficient (Wildman–Crippen LogP) is 1.38. The van der Waals surface area contributed by atoms with Crippen molar-refractivity contribution in [1.29, 1.82) is 0 Å². The molecule has 1 heterocycles. The summed E-state index contributed by atoms with van der Waals surface area (Å²) < 4.78 is 0.402. The van der Waals surface area contributed by atoms with Crippen LogP contribution in [0.5, 0.6) is 0 Å². The van der Waals surface area contributed by atoms with Crippen LogP contribution < -0.4 is 5.56 Å². The largest absolute Gasteiger partial charge is 0.338 e. The molecule has 12 heavy (non-hydrogen) atoms.